The third-order valence-corrected chi connectivity index (χ3v) is 3.83. The zero-order valence-corrected chi connectivity index (χ0v) is 13.1. The molecule has 4 aromatic rings. The van der Waals surface area contributed by atoms with Crippen molar-refractivity contribution in [2.75, 3.05) is 0 Å². The van der Waals surface area contributed by atoms with Crippen LogP contribution in [0.2, 0.25) is 0 Å². The van der Waals surface area contributed by atoms with Gasteiger partial charge in [0.15, 0.2) is 0 Å². The summed E-state index contributed by atoms with van der Waals surface area (Å²) in [6, 6.07) is 6.63. The third-order valence-electron chi connectivity index (χ3n) is 3.83. The molecule has 0 saturated heterocycles. The lowest BCUT2D eigenvalue weighted by Crippen LogP contribution is -2.18. The number of nitro benzene ring substituents is 1. The lowest BCUT2D eigenvalue weighted by Gasteiger charge is -2.07. The van der Waals surface area contributed by atoms with Crippen LogP contribution in [0.1, 0.15) is 5.82 Å². The van der Waals surface area contributed by atoms with E-state index in [1.165, 1.54) is 41.1 Å². The predicted octanol–water partition coefficient (Wildman–Crippen LogP) is 2.36. The first-order chi connectivity index (χ1) is 12.8. The molecule has 0 aliphatic carbocycles. The number of hydrogen-bond donors (Lipinski definition) is 0. The SMILES string of the molecule is O=c1c2cnc3nc(C(F)(F)F)nn3c2ccn1-c1ccc([N+](=O)[O-])cc1. The topological polar surface area (TPSA) is 108 Å². The Morgan fingerprint density at radius 3 is 2.44 bits per heavy atom. The highest BCUT2D eigenvalue weighted by Gasteiger charge is 2.36. The first-order valence-electron chi connectivity index (χ1n) is 7.35. The molecule has 1 aromatic carbocycles. The summed E-state index contributed by atoms with van der Waals surface area (Å²) in [5.41, 5.74) is -0.258. The average Bonchev–Trinajstić information content (AvgIpc) is 3.07. The Kier molecular flexibility index (Phi) is 3.44. The van der Waals surface area contributed by atoms with Crippen molar-refractivity contribution in [2.24, 2.45) is 0 Å². The van der Waals surface area contributed by atoms with Crippen LogP contribution in [0.4, 0.5) is 18.9 Å². The number of pyridine rings is 1. The van der Waals surface area contributed by atoms with Gasteiger partial charge in [0.25, 0.3) is 22.8 Å². The van der Waals surface area contributed by atoms with Gasteiger partial charge in [-0.05, 0) is 18.2 Å². The third kappa shape index (κ3) is 2.67. The molecule has 0 atom stereocenters. The zero-order chi connectivity index (χ0) is 19.3. The van der Waals surface area contributed by atoms with Crippen molar-refractivity contribution in [2.45, 2.75) is 6.18 Å². The fraction of sp³-hybridized carbons (Fsp3) is 0.0667. The zero-order valence-electron chi connectivity index (χ0n) is 13.1. The summed E-state index contributed by atoms with van der Waals surface area (Å²) >= 11 is 0. The molecule has 136 valence electrons. The molecule has 4 rings (SSSR count). The van der Waals surface area contributed by atoms with Crippen molar-refractivity contribution in [3.8, 4) is 5.69 Å². The van der Waals surface area contributed by atoms with Gasteiger partial charge in [-0.3, -0.25) is 19.5 Å². The molecule has 0 N–H and O–H groups in total. The fourth-order valence-corrected chi connectivity index (χ4v) is 2.58. The number of aromatic nitrogens is 5. The van der Waals surface area contributed by atoms with Gasteiger partial charge in [0.1, 0.15) is 0 Å². The highest BCUT2D eigenvalue weighted by Crippen LogP contribution is 2.27. The van der Waals surface area contributed by atoms with Crippen molar-refractivity contribution in [3.63, 3.8) is 0 Å². The first-order valence-corrected chi connectivity index (χ1v) is 7.35. The molecule has 0 bridgehead atoms. The van der Waals surface area contributed by atoms with Gasteiger partial charge in [-0.2, -0.15) is 22.7 Å². The molecule has 0 unspecified atom stereocenters. The molecule has 12 heteroatoms. The molecular formula is C15H7F3N6O3. The van der Waals surface area contributed by atoms with Crippen LogP contribution in [0.3, 0.4) is 0 Å². The molecule has 0 radical (unpaired) electrons. The number of benzene rings is 1. The quantitative estimate of drug-likeness (QED) is 0.393. The summed E-state index contributed by atoms with van der Waals surface area (Å²) in [7, 11) is 0. The standard InChI is InChI=1S/C15H7F3N6O3/c16-15(17,18)13-20-14-19-7-10-11(23(14)21-13)5-6-22(12(10)25)8-1-3-9(4-2-8)24(26)27/h1-7H. The van der Waals surface area contributed by atoms with E-state index in [2.05, 4.69) is 15.1 Å². The molecule has 0 spiro atoms. The number of alkyl halides is 3. The lowest BCUT2D eigenvalue weighted by atomic mass is 10.2. The second kappa shape index (κ2) is 5.59. The van der Waals surface area contributed by atoms with E-state index < -0.39 is 22.5 Å². The van der Waals surface area contributed by atoms with E-state index in [1.807, 2.05) is 0 Å². The van der Waals surface area contributed by atoms with Crippen LogP contribution in [-0.4, -0.2) is 29.1 Å². The predicted molar refractivity (Wildman–Crippen MR) is 85.5 cm³/mol. The van der Waals surface area contributed by atoms with Crippen LogP contribution in [-0.2, 0) is 6.18 Å². The Labute approximate surface area is 146 Å². The van der Waals surface area contributed by atoms with Crippen LogP contribution in [0.5, 0.6) is 0 Å². The van der Waals surface area contributed by atoms with Gasteiger partial charge in [-0.15, -0.1) is 5.10 Å². The second-order valence-electron chi connectivity index (χ2n) is 5.47. The number of nitrogens with zero attached hydrogens (tertiary/aromatic N) is 6. The maximum absolute atomic E-state index is 12.8. The Balaban J connectivity index is 1.90. The number of hydrogen-bond acceptors (Lipinski definition) is 6. The van der Waals surface area contributed by atoms with Crippen LogP contribution in [0.25, 0.3) is 22.4 Å². The van der Waals surface area contributed by atoms with E-state index >= 15 is 0 Å². The molecular weight excluding hydrogens is 369 g/mol. The van der Waals surface area contributed by atoms with Gasteiger partial charge in [-0.25, -0.2) is 4.98 Å². The van der Waals surface area contributed by atoms with E-state index in [1.54, 1.807) is 0 Å². The van der Waals surface area contributed by atoms with Crippen LogP contribution >= 0.6 is 0 Å². The van der Waals surface area contributed by atoms with Gasteiger partial charge < -0.3 is 0 Å². The van der Waals surface area contributed by atoms with E-state index in [-0.39, 0.29) is 22.4 Å². The first kappa shape index (κ1) is 16.6. The summed E-state index contributed by atoms with van der Waals surface area (Å²) in [6.07, 6.45) is -2.29. The largest absolute Gasteiger partial charge is 0.453 e. The molecule has 3 heterocycles. The fourth-order valence-electron chi connectivity index (χ4n) is 2.58. The average molecular weight is 376 g/mol. The molecule has 0 aliphatic rings. The van der Waals surface area contributed by atoms with Crippen molar-refractivity contribution in [3.05, 3.63) is 69.0 Å². The van der Waals surface area contributed by atoms with Crippen molar-refractivity contribution in [1.29, 1.82) is 0 Å². The Bertz CT molecular complexity index is 1260. The Hall–Kier alpha value is -3.83. The van der Waals surface area contributed by atoms with Crippen LogP contribution in [0.15, 0.2) is 47.5 Å². The highest BCUT2D eigenvalue weighted by atomic mass is 19.4. The summed E-state index contributed by atoms with van der Waals surface area (Å²) in [5, 5.41) is 14.1. The molecule has 0 amide bonds. The molecule has 0 aliphatic heterocycles. The number of non-ortho nitro benzene ring substituents is 1. The maximum atomic E-state index is 12.8. The number of fused-ring (bicyclic) bond motifs is 3. The number of rotatable bonds is 2. The van der Waals surface area contributed by atoms with Gasteiger partial charge in [0.2, 0.25) is 0 Å². The van der Waals surface area contributed by atoms with E-state index in [4.69, 9.17) is 0 Å². The minimum atomic E-state index is -4.74. The van der Waals surface area contributed by atoms with Crippen LogP contribution in [0, 0.1) is 10.1 Å². The molecule has 0 saturated carbocycles. The van der Waals surface area contributed by atoms with Gasteiger partial charge in [0.05, 0.1) is 15.8 Å². The Morgan fingerprint density at radius 1 is 1.11 bits per heavy atom. The van der Waals surface area contributed by atoms with Gasteiger partial charge in [0, 0.05) is 30.2 Å². The Morgan fingerprint density at radius 2 is 1.81 bits per heavy atom. The summed E-state index contributed by atoms with van der Waals surface area (Å²) in [4.78, 5) is 29.9. The van der Waals surface area contributed by atoms with Gasteiger partial charge in [-0.1, -0.05) is 0 Å². The molecule has 27 heavy (non-hydrogen) atoms. The number of nitro groups is 1. The minimum Gasteiger partial charge on any atom is -0.284 e. The summed E-state index contributed by atoms with van der Waals surface area (Å²) in [5.74, 6) is -1.65. The van der Waals surface area contributed by atoms with E-state index in [0.717, 1.165) is 10.7 Å². The highest BCUT2D eigenvalue weighted by molar-refractivity contribution is 5.79. The smallest absolute Gasteiger partial charge is 0.284 e. The maximum Gasteiger partial charge on any atom is 0.453 e. The molecule has 9 nitrogen and oxygen atoms in total. The summed E-state index contributed by atoms with van der Waals surface area (Å²) < 4.78 is 40.4. The lowest BCUT2D eigenvalue weighted by molar-refractivity contribution is -0.384. The van der Waals surface area contributed by atoms with Gasteiger partial charge >= 0.3 is 6.18 Å². The minimum absolute atomic E-state index is 0.0157. The summed E-state index contributed by atoms with van der Waals surface area (Å²) in [6.45, 7) is 0. The van der Waals surface area contributed by atoms with E-state index in [0.29, 0.717) is 5.69 Å². The van der Waals surface area contributed by atoms with Crippen molar-refractivity contribution < 1.29 is 18.1 Å². The van der Waals surface area contributed by atoms with E-state index in [9.17, 15) is 28.1 Å². The molecule has 3 aromatic heterocycles. The van der Waals surface area contributed by atoms with Crippen molar-refractivity contribution >= 4 is 22.4 Å². The second-order valence-corrected chi connectivity index (χ2v) is 5.47. The molecule has 0 fully saturated rings. The monoisotopic (exact) mass is 376 g/mol. The van der Waals surface area contributed by atoms with Crippen LogP contribution < -0.4 is 5.56 Å². The number of halogens is 3. The van der Waals surface area contributed by atoms with Crippen molar-refractivity contribution in [1.82, 2.24) is 24.1 Å². The normalized spacial score (nSPS) is 12.0.